The number of unbranched alkanes of at least 4 members (excludes halogenated alkanes) is 2. The molecule has 0 aliphatic rings. The number of nitrogens with zero attached hydrogens (tertiary/aromatic N) is 1. The molecule has 0 saturated heterocycles. The topological polar surface area (TPSA) is 86.3 Å². The van der Waals surface area contributed by atoms with Crippen LogP contribution in [-0.4, -0.2) is 27.7 Å². The summed E-state index contributed by atoms with van der Waals surface area (Å²) in [6, 6.07) is 9.91. The molecular weight excluding hydrogens is 356 g/mol. The molecule has 0 aliphatic heterocycles. The molecule has 0 atom stereocenters. The fourth-order valence-corrected chi connectivity index (χ4v) is 3.42. The average molecular weight is 379 g/mol. The van der Waals surface area contributed by atoms with Crippen molar-refractivity contribution in [3.05, 3.63) is 36.0 Å². The Hall–Kier alpha value is -2.19. The zero-order chi connectivity index (χ0) is 18.1. The van der Waals surface area contributed by atoms with Crippen LogP contribution >= 0.6 is 23.6 Å². The first kappa shape index (κ1) is 19.1. The van der Waals surface area contributed by atoms with Crippen LogP contribution in [0, 0.1) is 0 Å². The van der Waals surface area contributed by atoms with Gasteiger partial charge >= 0.3 is 6.09 Å². The molecule has 8 heteroatoms. The number of thiocarbonyl (C=S) groups is 1. The first-order chi connectivity index (χ1) is 12.0. The Labute approximate surface area is 156 Å². The molecule has 1 amide bonds. The van der Waals surface area contributed by atoms with Crippen molar-refractivity contribution in [2.75, 3.05) is 17.2 Å². The van der Waals surface area contributed by atoms with Gasteiger partial charge in [0.25, 0.3) is 0 Å². The Morgan fingerprint density at radius 2 is 2.00 bits per heavy atom. The number of nitrogens with one attached hydrogen (secondary N) is 3. The number of aryl methyl sites for hydroxylation is 1. The minimum Gasteiger partial charge on any atom is -0.465 e. The van der Waals surface area contributed by atoms with Crippen LogP contribution in [0.15, 0.2) is 30.3 Å². The second-order valence-electron chi connectivity index (χ2n) is 5.51. The van der Waals surface area contributed by atoms with Crippen LogP contribution in [0.2, 0.25) is 0 Å². The van der Waals surface area contributed by atoms with Gasteiger partial charge in [0, 0.05) is 12.2 Å². The quantitative estimate of drug-likeness (QED) is 0.376. The summed E-state index contributed by atoms with van der Waals surface area (Å²) in [5.74, 6) is 0. The minimum atomic E-state index is -0.973. The van der Waals surface area contributed by atoms with E-state index >= 15 is 0 Å². The molecule has 0 bridgehead atoms. The van der Waals surface area contributed by atoms with Crippen molar-refractivity contribution < 1.29 is 9.90 Å². The van der Waals surface area contributed by atoms with Crippen molar-refractivity contribution >= 4 is 50.5 Å². The Balaban J connectivity index is 1.93. The Morgan fingerprint density at radius 3 is 2.68 bits per heavy atom. The molecule has 134 valence electrons. The lowest BCUT2D eigenvalue weighted by Gasteiger charge is -2.04. The zero-order valence-corrected chi connectivity index (χ0v) is 15.7. The standard InChI is InChI=1S/C17H22N4O2S2/c1-12(24)19-15-14(10-6-3-7-11-18-17(22)23)21-16(25-15)20-13-8-4-2-5-9-13/h2,4-5,8-9,18H,3,6-7,10-11H2,1H3,(H,19,24)(H,20,21)(H,22,23). The number of aromatic nitrogens is 1. The van der Waals surface area contributed by atoms with Crippen LogP contribution in [0.3, 0.4) is 0 Å². The number of carboxylic acid groups (broad SMARTS) is 1. The highest BCUT2D eigenvalue weighted by molar-refractivity contribution is 7.80. The summed E-state index contributed by atoms with van der Waals surface area (Å²) < 4.78 is 0. The maximum atomic E-state index is 10.4. The first-order valence-electron chi connectivity index (χ1n) is 8.11. The molecule has 1 aromatic heterocycles. The summed E-state index contributed by atoms with van der Waals surface area (Å²) >= 11 is 6.70. The van der Waals surface area contributed by atoms with Gasteiger partial charge in [-0.2, -0.15) is 0 Å². The molecule has 0 fully saturated rings. The van der Waals surface area contributed by atoms with Crippen molar-refractivity contribution in [1.29, 1.82) is 0 Å². The molecule has 1 heterocycles. The van der Waals surface area contributed by atoms with E-state index in [2.05, 4.69) is 20.9 Å². The second-order valence-corrected chi connectivity index (χ2v) is 7.12. The zero-order valence-electron chi connectivity index (χ0n) is 14.0. The third-order valence-corrected chi connectivity index (χ3v) is 4.41. The highest BCUT2D eigenvalue weighted by atomic mass is 32.1. The van der Waals surface area contributed by atoms with E-state index in [1.165, 1.54) is 0 Å². The lowest BCUT2D eigenvalue weighted by Crippen LogP contribution is -2.21. The number of carbonyl (C=O) groups is 1. The van der Waals surface area contributed by atoms with Gasteiger partial charge in [-0.25, -0.2) is 9.78 Å². The van der Waals surface area contributed by atoms with E-state index in [9.17, 15) is 4.79 Å². The number of rotatable bonds is 9. The van der Waals surface area contributed by atoms with Crippen LogP contribution in [0.25, 0.3) is 0 Å². The summed E-state index contributed by atoms with van der Waals surface area (Å²) in [4.78, 5) is 15.8. The van der Waals surface area contributed by atoms with Gasteiger partial charge in [-0.05, 0) is 38.3 Å². The van der Waals surface area contributed by atoms with E-state index in [1.807, 2.05) is 37.3 Å². The number of hydrogen-bond donors (Lipinski definition) is 4. The molecule has 0 spiro atoms. The molecule has 4 N–H and O–H groups in total. The molecule has 6 nitrogen and oxygen atoms in total. The number of anilines is 3. The van der Waals surface area contributed by atoms with Gasteiger partial charge in [0.1, 0.15) is 5.00 Å². The van der Waals surface area contributed by atoms with Gasteiger partial charge in [0.05, 0.1) is 10.7 Å². The fourth-order valence-electron chi connectivity index (χ4n) is 2.27. The smallest absolute Gasteiger partial charge is 0.404 e. The molecule has 0 saturated carbocycles. The highest BCUT2D eigenvalue weighted by Gasteiger charge is 2.11. The summed E-state index contributed by atoms with van der Waals surface area (Å²) in [6.45, 7) is 2.33. The van der Waals surface area contributed by atoms with Crippen LogP contribution in [0.4, 0.5) is 20.6 Å². The SMILES string of the molecule is CC(=S)Nc1sc(Nc2ccccc2)nc1CCCCCNC(=O)O. The maximum Gasteiger partial charge on any atom is 0.404 e. The van der Waals surface area contributed by atoms with E-state index in [4.69, 9.17) is 17.3 Å². The summed E-state index contributed by atoms with van der Waals surface area (Å²) in [5, 5.41) is 19.2. The van der Waals surface area contributed by atoms with Gasteiger partial charge in [0.2, 0.25) is 0 Å². The van der Waals surface area contributed by atoms with Crippen LogP contribution < -0.4 is 16.0 Å². The molecule has 0 unspecified atom stereocenters. The first-order valence-corrected chi connectivity index (χ1v) is 9.33. The van der Waals surface area contributed by atoms with E-state index in [0.29, 0.717) is 11.5 Å². The van der Waals surface area contributed by atoms with Gasteiger partial charge in [0.15, 0.2) is 5.13 Å². The molecule has 1 aromatic carbocycles. The van der Waals surface area contributed by atoms with Crippen molar-refractivity contribution in [2.24, 2.45) is 0 Å². The molecule has 0 radical (unpaired) electrons. The molecule has 0 aliphatic carbocycles. The summed E-state index contributed by atoms with van der Waals surface area (Å²) in [7, 11) is 0. The van der Waals surface area contributed by atoms with Gasteiger partial charge < -0.3 is 21.1 Å². The molecule has 2 aromatic rings. The summed E-state index contributed by atoms with van der Waals surface area (Å²) in [6.07, 6.45) is 2.56. The van der Waals surface area contributed by atoms with Gasteiger partial charge in [-0.15, -0.1) is 0 Å². The number of amides is 1. The Bertz CT molecular complexity index is 704. The maximum absolute atomic E-state index is 10.4. The third kappa shape index (κ3) is 7.06. The Kier molecular flexibility index (Phi) is 7.62. The van der Waals surface area contributed by atoms with Gasteiger partial charge in [-0.3, -0.25) is 0 Å². The minimum absolute atomic E-state index is 0.483. The summed E-state index contributed by atoms with van der Waals surface area (Å²) in [5.41, 5.74) is 1.98. The van der Waals surface area contributed by atoms with Crippen molar-refractivity contribution in [1.82, 2.24) is 10.3 Å². The third-order valence-electron chi connectivity index (χ3n) is 3.38. The van der Waals surface area contributed by atoms with Gasteiger partial charge in [-0.1, -0.05) is 48.2 Å². The largest absolute Gasteiger partial charge is 0.465 e. The highest BCUT2D eigenvalue weighted by Crippen LogP contribution is 2.31. The van der Waals surface area contributed by atoms with E-state index in [0.717, 1.165) is 47.2 Å². The van der Waals surface area contributed by atoms with Crippen LogP contribution in [0.1, 0.15) is 31.9 Å². The van der Waals surface area contributed by atoms with Crippen molar-refractivity contribution in [3.8, 4) is 0 Å². The Morgan fingerprint density at radius 1 is 1.24 bits per heavy atom. The second kappa shape index (κ2) is 9.95. The predicted molar refractivity (Wildman–Crippen MR) is 107 cm³/mol. The average Bonchev–Trinajstić information content (AvgIpc) is 2.92. The lowest BCUT2D eigenvalue weighted by atomic mass is 10.1. The molecular formula is C17H22N4O2S2. The molecule has 2 rings (SSSR count). The van der Waals surface area contributed by atoms with E-state index in [1.54, 1.807) is 11.3 Å². The van der Waals surface area contributed by atoms with E-state index in [-0.39, 0.29) is 0 Å². The monoisotopic (exact) mass is 378 g/mol. The van der Waals surface area contributed by atoms with Crippen LogP contribution in [0.5, 0.6) is 0 Å². The van der Waals surface area contributed by atoms with E-state index < -0.39 is 6.09 Å². The normalized spacial score (nSPS) is 10.3. The lowest BCUT2D eigenvalue weighted by molar-refractivity contribution is 0.194. The number of benzene rings is 1. The molecule has 25 heavy (non-hydrogen) atoms. The number of para-hydroxylation sites is 1. The number of thiazole rings is 1. The van der Waals surface area contributed by atoms with Crippen LogP contribution in [-0.2, 0) is 6.42 Å². The number of hydrogen-bond acceptors (Lipinski definition) is 5. The van der Waals surface area contributed by atoms with Crippen molar-refractivity contribution in [3.63, 3.8) is 0 Å². The van der Waals surface area contributed by atoms with Crippen molar-refractivity contribution in [2.45, 2.75) is 32.6 Å². The fraction of sp³-hybridized carbons (Fsp3) is 0.353. The predicted octanol–water partition coefficient (Wildman–Crippen LogP) is 4.63.